The van der Waals surface area contributed by atoms with Crippen LogP contribution in [-0.4, -0.2) is 36.1 Å². The number of piperidine rings is 1. The Balaban J connectivity index is 1.87. The number of rotatable bonds is 4. The van der Waals surface area contributed by atoms with Gasteiger partial charge in [-0.25, -0.2) is 0 Å². The van der Waals surface area contributed by atoms with Crippen molar-refractivity contribution in [2.24, 2.45) is 0 Å². The molecule has 0 bridgehead atoms. The monoisotopic (exact) mass is 220 g/mol. The Labute approximate surface area is 99.8 Å². The highest BCUT2D eigenvalue weighted by Crippen LogP contribution is 2.27. The Hall–Kier alpha value is -0.520. The maximum atomic E-state index is 5.58. The SMILES string of the molecule is C#CC(CCC)NC1CCN2CCCCC12. The summed E-state index contributed by atoms with van der Waals surface area (Å²) in [4.78, 5) is 2.65. The predicted octanol–water partition coefficient (Wildman–Crippen LogP) is 2.00. The first-order valence-corrected chi connectivity index (χ1v) is 6.81. The van der Waals surface area contributed by atoms with Crippen molar-refractivity contribution in [3.63, 3.8) is 0 Å². The van der Waals surface area contributed by atoms with Gasteiger partial charge in [-0.1, -0.05) is 25.7 Å². The normalized spacial score (nSPS) is 32.0. The number of nitrogens with zero attached hydrogens (tertiary/aromatic N) is 1. The van der Waals surface area contributed by atoms with Crippen molar-refractivity contribution in [3.05, 3.63) is 0 Å². The fourth-order valence-electron chi connectivity index (χ4n) is 3.20. The Morgan fingerprint density at radius 3 is 3.00 bits per heavy atom. The summed E-state index contributed by atoms with van der Waals surface area (Å²) in [6.07, 6.45) is 13.3. The molecule has 0 aromatic heterocycles. The minimum Gasteiger partial charge on any atom is -0.299 e. The van der Waals surface area contributed by atoms with Crippen LogP contribution < -0.4 is 5.32 Å². The second-order valence-electron chi connectivity index (χ2n) is 5.17. The van der Waals surface area contributed by atoms with Crippen LogP contribution in [0.1, 0.15) is 45.4 Å². The quantitative estimate of drug-likeness (QED) is 0.729. The van der Waals surface area contributed by atoms with Gasteiger partial charge in [-0.05, 0) is 32.2 Å². The molecule has 16 heavy (non-hydrogen) atoms. The lowest BCUT2D eigenvalue weighted by Crippen LogP contribution is -2.47. The first kappa shape index (κ1) is 12.0. The van der Waals surface area contributed by atoms with E-state index in [4.69, 9.17) is 6.42 Å². The zero-order valence-corrected chi connectivity index (χ0v) is 10.4. The van der Waals surface area contributed by atoms with E-state index in [1.165, 1.54) is 45.2 Å². The smallest absolute Gasteiger partial charge is 0.0689 e. The largest absolute Gasteiger partial charge is 0.299 e. The molecule has 3 unspecified atom stereocenters. The second kappa shape index (κ2) is 5.70. The summed E-state index contributed by atoms with van der Waals surface area (Å²) in [7, 11) is 0. The van der Waals surface area contributed by atoms with Gasteiger partial charge in [-0.2, -0.15) is 0 Å². The van der Waals surface area contributed by atoms with Crippen molar-refractivity contribution in [3.8, 4) is 12.3 Å². The van der Waals surface area contributed by atoms with Gasteiger partial charge in [0.1, 0.15) is 0 Å². The molecule has 0 spiro atoms. The van der Waals surface area contributed by atoms with Crippen molar-refractivity contribution in [2.45, 2.75) is 63.6 Å². The molecule has 0 aliphatic carbocycles. The van der Waals surface area contributed by atoms with Gasteiger partial charge in [-0.3, -0.25) is 10.2 Å². The first-order valence-electron chi connectivity index (χ1n) is 6.81. The molecule has 2 saturated heterocycles. The molecule has 3 atom stereocenters. The van der Waals surface area contributed by atoms with Crippen LogP contribution in [-0.2, 0) is 0 Å². The molecule has 90 valence electrons. The molecule has 0 radical (unpaired) electrons. The topological polar surface area (TPSA) is 15.3 Å². The lowest BCUT2D eigenvalue weighted by atomic mass is 9.98. The van der Waals surface area contributed by atoms with Crippen LogP contribution in [0, 0.1) is 12.3 Å². The molecular weight excluding hydrogens is 196 g/mol. The molecule has 2 fully saturated rings. The number of nitrogens with one attached hydrogen (secondary N) is 1. The van der Waals surface area contributed by atoms with Crippen molar-refractivity contribution in [2.75, 3.05) is 13.1 Å². The van der Waals surface area contributed by atoms with E-state index in [9.17, 15) is 0 Å². The van der Waals surface area contributed by atoms with Gasteiger partial charge in [0, 0.05) is 18.6 Å². The van der Waals surface area contributed by atoms with E-state index in [0.717, 1.165) is 12.5 Å². The molecule has 1 N–H and O–H groups in total. The zero-order chi connectivity index (χ0) is 11.4. The van der Waals surface area contributed by atoms with Crippen molar-refractivity contribution >= 4 is 0 Å². The second-order valence-corrected chi connectivity index (χ2v) is 5.17. The lowest BCUT2D eigenvalue weighted by Gasteiger charge is -2.33. The Morgan fingerprint density at radius 1 is 1.38 bits per heavy atom. The van der Waals surface area contributed by atoms with Crippen molar-refractivity contribution < 1.29 is 0 Å². The third-order valence-electron chi connectivity index (χ3n) is 4.05. The molecule has 2 heteroatoms. The van der Waals surface area contributed by atoms with Gasteiger partial charge in [0.15, 0.2) is 0 Å². The maximum absolute atomic E-state index is 5.58. The van der Waals surface area contributed by atoms with Gasteiger partial charge in [0.25, 0.3) is 0 Å². The Morgan fingerprint density at radius 2 is 2.25 bits per heavy atom. The molecule has 2 aliphatic rings. The molecule has 0 aromatic rings. The molecule has 2 aliphatic heterocycles. The summed E-state index contributed by atoms with van der Waals surface area (Å²) >= 11 is 0. The Kier molecular flexibility index (Phi) is 4.26. The zero-order valence-electron chi connectivity index (χ0n) is 10.4. The van der Waals surface area contributed by atoms with Gasteiger partial charge in [0.05, 0.1) is 6.04 Å². The lowest BCUT2D eigenvalue weighted by molar-refractivity contribution is 0.178. The summed E-state index contributed by atoms with van der Waals surface area (Å²) in [5, 5.41) is 3.69. The summed E-state index contributed by atoms with van der Waals surface area (Å²) in [5.41, 5.74) is 0. The summed E-state index contributed by atoms with van der Waals surface area (Å²) in [6.45, 7) is 4.77. The average molecular weight is 220 g/mol. The van der Waals surface area contributed by atoms with Crippen LogP contribution in [0.25, 0.3) is 0 Å². The highest BCUT2D eigenvalue weighted by atomic mass is 15.2. The van der Waals surface area contributed by atoms with Crippen LogP contribution in [0.4, 0.5) is 0 Å². The van der Waals surface area contributed by atoms with E-state index >= 15 is 0 Å². The highest BCUT2D eigenvalue weighted by molar-refractivity contribution is 5.03. The van der Waals surface area contributed by atoms with E-state index in [-0.39, 0.29) is 6.04 Å². The summed E-state index contributed by atoms with van der Waals surface area (Å²) in [5.74, 6) is 2.90. The van der Waals surface area contributed by atoms with E-state index in [1.807, 2.05) is 0 Å². The third kappa shape index (κ3) is 2.59. The van der Waals surface area contributed by atoms with Crippen molar-refractivity contribution in [1.82, 2.24) is 10.2 Å². The third-order valence-corrected chi connectivity index (χ3v) is 4.05. The van der Waals surface area contributed by atoms with Gasteiger partial charge in [0.2, 0.25) is 0 Å². The fraction of sp³-hybridized carbons (Fsp3) is 0.857. The minimum atomic E-state index is 0.289. The van der Waals surface area contributed by atoms with Crippen LogP contribution in [0.3, 0.4) is 0 Å². The fourth-order valence-corrected chi connectivity index (χ4v) is 3.20. The first-order chi connectivity index (χ1) is 7.85. The van der Waals surface area contributed by atoms with Gasteiger partial charge >= 0.3 is 0 Å². The van der Waals surface area contributed by atoms with E-state index < -0.39 is 0 Å². The predicted molar refractivity (Wildman–Crippen MR) is 68.3 cm³/mol. The number of terminal acetylenes is 1. The minimum absolute atomic E-state index is 0.289. The molecule has 0 aromatic carbocycles. The van der Waals surface area contributed by atoms with Crippen LogP contribution in [0.2, 0.25) is 0 Å². The standard InChI is InChI=1S/C14H24N2/c1-3-7-12(4-2)15-13-9-11-16-10-6-5-8-14(13)16/h2,12-15H,3,5-11H2,1H3. The number of hydrogen-bond acceptors (Lipinski definition) is 2. The maximum Gasteiger partial charge on any atom is 0.0689 e. The van der Waals surface area contributed by atoms with Crippen LogP contribution in [0.15, 0.2) is 0 Å². The Bertz CT molecular complexity index is 256. The van der Waals surface area contributed by atoms with E-state index in [1.54, 1.807) is 0 Å². The molecular formula is C14H24N2. The molecule has 0 amide bonds. The van der Waals surface area contributed by atoms with Gasteiger partial charge in [-0.15, -0.1) is 6.42 Å². The number of hydrogen-bond donors (Lipinski definition) is 1. The molecule has 2 nitrogen and oxygen atoms in total. The van der Waals surface area contributed by atoms with E-state index in [2.05, 4.69) is 23.1 Å². The summed E-state index contributed by atoms with van der Waals surface area (Å²) < 4.78 is 0. The summed E-state index contributed by atoms with van der Waals surface area (Å²) in [6, 6.07) is 1.70. The molecule has 2 rings (SSSR count). The van der Waals surface area contributed by atoms with Crippen LogP contribution in [0.5, 0.6) is 0 Å². The average Bonchev–Trinajstić information content (AvgIpc) is 2.72. The van der Waals surface area contributed by atoms with Gasteiger partial charge < -0.3 is 0 Å². The molecule has 2 heterocycles. The van der Waals surface area contributed by atoms with E-state index in [0.29, 0.717) is 6.04 Å². The van der Waals surface area contributed by atoms with Crippen molar-refractivity contribution in [1.29, 1.82) is 0 Å². The highest BCUT2D eigenvalue weighted by Gasteiger charge is 2.35. The number of fused-ring (bicyclic) bond motifs is 1. The van der Waals surface area contributed by atoms with Crippen LogP contribution >= 0.6 is 0 Å². The molecule has 0 saturated carbocycles.